The normalized spacial score (nSPS) is 13.1. The van der Waals surface area contributed by atoms with Gasteiger partial charge in [0.1, 0.15) is 0 Å². The third-order valence-electron chi connectivity index (χ3n) is 2.37. The van der Waals surface area contributed by atoms with Crippen molar-refractivity contribution < 1.29 is 32.6 Å². The first kappa shape index (κ1) is 17.7. The molecule has 0 fully saturated rings. The molecule has 19 heavy (non-hydrogen) atoms. The van der Waals surface area contributed by atoms with E-state index in [4.69, 9.17) is 9.84 Å². The van der Waals surface area contributed by atoms with Crippen molar-refractivity contribution in [1.29, 1.82) is 0 Å². The van der Waals surface area contributed by atoms with E-state index in [0.717, 1.165) is 0 Å². The number of nitrogens with zero attached hydrogens (tertiary/aromatic N) is 1. The van der Waals surface area contributed by atoms with Gasteiger partial charge >= 0.3 is 18.1 Å². The summed E-state index contributed by atoms with van der Waals surface area (Å²) >= 11 is 0. The van der Waals surface area contributed by atoms with Gasteiger partial charge in [-0.2, -0.15) is 13.2 Å². The summed E-state index contributed by atoms with van der Waals surface area (Å²) in [5.41, 5.74) is 0. The molecule has 0 saturated carbocycles. The molecule has 0 rings (SSSR count). The third-order valence-corrected chi connectivity index (χ3v) is 2.37. The Morgan fingerprint density at radius 3 is 2.37 bits per heavy atom. The molecular weight excluding hydrogens is 267 g/mol. The highest BCUT2D eigenvalue weighted by atomic mass is 19.4. The Labute approximate surface area is 109 Å². The number of alkyl halides is 3. The molecule has 1 N–H and O–H groups in total. The monoisotopic (exact) mass is 285 g/mol. The van der Waals surface area contributed by atoms with Gasteiger partial charge in [0, 0.05) is 26.3 Å². The van der Waals surface area contributed by atoms with Crippen molar-refractivity contribution in [3.8, 4) is 0 Å². The summed E-state index contributed by atoms with van der Waals surface area (Å²) in [4.78, 5) is 22.3. The predicted octanol–water partition coefficient (Wildman–Crippen LogP) is 1.52. The molecule has 5 nitrogen and oxygen atoms in total. The molecule has 0 radical (unpaired) electrons. The summed E-state index contributed by atoms with van der Waals surface area (Å²) < 4.78 is 42.0. The van der Waals surface area contributed by atoms with Crippen LogP contribution in [0.25, 0.3) is 0 Å². The lowest BCUT2D eigenvalue weighted by atomic mass is 10.1. The van der Waals surface area contributed by atoms with Crippen LogP contribution in [0.5, 0.6) is 0 Å². The lowest BCUT2D eigenvalue weighted by molar-refractivity contribution is -0.186. The Morgan fingerprint density at radius 1 is 1.37 bits per heavy atom. The molecular formula is C11H18F3NO4. The fraction of sp³-hybridized carbons (Fsp3) is 0.818. The predicted molar refractivity (Wildman–Crippen MR) is 60.5 cm³/mol. The first-order valence-corrected chi connectivity index (χ1v) is 5.86. The average molecular weight is 285 g/mol. The number of rotatable bonds is 8. The van der Waals surface area contributed by atoms with Crippen LogP contribution >= 0.6 is 0 Å². The number of amides is 1. The van der Waals surface area contributed by atoms with Crippen molar-refractivity contribution in [2.45, 2.75) is 26.4 Å². The van der Waals surface area contributed by atoms with E-state index in [2.05, 4.69) is 0 Å². The van der Waals surface area contributed by atoms with Crippen molar-refractivity contribution >= 4 is 11.9 Å². The minimum absolute atomic E-state index is 0.185. The highest BCUT2D eigenvalue weighted by molar-refractivity contribution is 5.82. The van der Waals surface area contributed by atoms with Gasteiger partial charge in [-0.1, -0.05) is 6.92 Å². The second kappa shape index (κ2) is 7.98. The lowest BCUT2D eigenvalue weighted by Crippen LogP contribution is -2.45. The van der Waals surface area contributed by atoms with Crippen LogP contribution in [-0.2, 0) is 14.3 Å². The molecule has 0 spiro atoms. The number of aliphatic carboxylic acids is 1. The zero-order chi connectivity index (χ0) is 15.1. The molecule has 0 aliphatic heterocycles. The molecule has 0 heterocycles. The zero-order valence-electron chi connectivity index (χ0n) is 10.9. The lowest BCUT2D eigenvalue weighted by Gasteiger charge is -2.25. The van der Waals surface area contributed by atoms with Crippen molar-refractivity contribution in [3.63, 3.8) is 0 Å². The molecule has 0 bridgehead atoms. The van der Waals surface area contributed by atoms with Crippen LogP contribution in [-0.4, -0.2) is 54.4 Å². The van der Waals surface area contributed by atoms with Crippen LogP contribution < -0.4 is 0 Å². The number of ether oxygens (including phenoxy) is 1. The molecule has 0 aromatic carbocycles. The van der Waals surface area contributed by atoms with Gasteiger partial charge in [-0.15, -0.1) is 0 Å². The van der Waals surface area contributed by atoms with Gasteiger partial charge in [0.05, 0.1) is 5.92 Å². The summed E-state index contributed by atoms with van der Waals surface area (Å²) in [7, 11) is 0. The SMILES string of the molecule is CCOCCCN(CC(C)C(=O)O)C(=O)C(F)(F)F. The fourth-order valence-corrected chi connectivity index (χ4v) is 1.37. The smallest absolute Gasteiger partial charge is 0.471 e. The fourth-order valence-electron chi connectivity index (χ4n) is 1.37. The molecule has 0 aromatic rings. The van der Waals surface area contributed by atoms with Crippen molar-refractivity contribution in [2.24, 2.45) is 5.92 Å². The standard InChI is InChI=1S/C11H18F3NO4/c1-3-19-6-4-5-15(7-8(2)9(16)17)10(18)11(12,13)14/h8H,3-7H2,1-2H3,(H,16,17). The van der Waals surface area contributed by atoms with Gasteiger partial charge in [0.2, 0.25) is 0 Å². The number of carboxylic acids is 1. The minimum Gasteiger partial charge on any atom is -0.481 e. The van der Waals surface area contributed by atoms with E-state index in [0.29, 0.717) is 11.5 Å². The number of carbonyl (C=O) groups is 2. The maximum absolute atomic E-state index is 12.4. The summed E-state index contributed by atoms with van der Waals surface area (Å²) in [5, 5.41) is 8.68. The summed E-state index contributed by atoms with van der Waals surface area (Å²) in [6.45, 7) is 2.99. The van der Waals surface area contributed by atoms with E-state index in [1.165, 1.54) is 6.92 Å². The van der Waals surface area contributed by atoms with Crippen LogP contribution in [0.1, 0.15) is 20.3 Å². The van der Waals surface area contributed by atoms with Crippen LogP contribution in [0.3, 0.4) is 0 Å². The van der Waals surface area contributed by atoms with Gasteiger partial charge in [-0.25, -0.2) is 0 Å². The Bertz CT molecular complexity index is 307. The number of hydrogen-bond donors (Lipinski definition) is 1. The Morgan fingerprint density at radius 2 is 1.95 bits per heavy atom. The van der Waals surface area contributed by atoms with E-state index < -0.39 is 30.5 Å². The van der Waals surface area contributed by atoms with Crippen molar-refractivity contribution in [1.82, 2.24) is 4.90 Å². The molecule has 112 valence electrons. The van der Waals surface area contributed by atoms with Gasteiger partial charge in [-0.3, -0.25) is 9.59 Å². The van der Waals surface area contributed by atoms with Crippen LogP contribution in [0, 0.1) is 5.92 Å². The maximum Gasteiger partial charge on any atom is 0.471 e. The zero-order valence-corrected chi connectivity index (χ0v) is 10.9. The van der Waals surface area contributed by atoms with Gasteiger partial charge < -0.3 is 14.7 Å². The minimum atomic E-state index is -5.00. The van der Waals surface area contributed by atoms with E-state index in [1.54, 1.807) is 6.92 Å². The number of carboxylic acid groups (broad SMARTS) is 1. The first-order valence-electron chi connectivity index (χ1n) is 5.86. The van der Waals surface area contributed by atoms with Gasteiger partial charge in [-0.05, 0) is 13.3 Å². The van der Waals surface area contributed by atoms with E-state index in [1.807, 2.05) is 0 Å². The van der Waals surface area contributed by atoms with Crippen molar-refractivity contribution in [2.75, 3.05) is 26.3 Å². The summed E-state index contributed by atoms with van der Waals surface area (Å²) in [6.07, 6.45) is -4.77. The number of halogens is 3. The second-order valence-electron chi connectivity index (χ2n) is 4.04. The van der Waals surface area contributed by atoms with E-state index in [-0.39, 0.29) is 19.6 Å². The Balaban J connectivity index is 4.55. The first-order chi connectivity index (χ1) is 8.70. The van der Waals surface area contributed by atoms with Crippen molar-refractivity contribution in [3.05, 3.63) is 0 Å². The molecule has 0 aliphatic carbocycles. The van der Waals surface area contributed by atoms with Gasteiger partial charge in [0.15, 0.2) is 0 Å². The largest absolute Gasteiger partial charge is 0.481 e. The summed E-state index contributed by atoms with van der Waals surface area (Å²) in [5.74, 6) is -4.32. The highest BCUT2D eigenvalue weighted by Gasteiger charge is 2.42. The molecule has 1 amide bonds. The van der Waals surface area contributed by atoms with Crippen LogP contribution in [0.2, 0.25) is 0 Å². The molecule has 1 unspecified atom stereocenters. The topological polar surface area (TPSA) is 66.8 Å². The highest BCUT2D eigenvalue weighted by Crippen LogP contribution is 2.19. The molecule has 8 heteroatoms. The quantitative estimate of drug-likeness (QED) is 0.687. The Kier molecular flexibility index (Phi) is 7.43. The maximum atomic E-state index is 12.4. The molecule has 0 aromatic heterocycles. The van der Waals surface area contributed by atoms with Gasteiger partial charge in [0.25, 0.3) is 0 Å². The third kappa shape index (κ3) is 7.00. The van der Waals surface area contributed by atoms with E-state index in [9.17, 15) is 22.8 Å². The average Bonchev–Trinajstić information content (AvgIpc) is 2.30. The summed E-state index contributed by atoms with van der Waals surface area (Å²) in [6, 6.07) is 0. The number of hydrogen-bond acceptors (Lipinski definition) is 3. The van der Waals surface area contributed by atoms with Crippen LogP contribution in [0.15, 0.2) is 0 Å². The van der Waals surface area contributed by atoms with E-state index >= 15 is 0 Å². The molecule has 0 aliphatic rings. The van der Waals surface area contributed by atoms with Crippen LogP contribution in [0.4, 0.5) is 13.2 Å². The second-order valence-corrected chi connectivity index (χ2v) is 4.04. The molecule has 1 atom stereocenters. The number of carbonyl (C=O) groups excluding carboxylic acids is 1. The molecule has 0 saturated heterocycles. The Hall–Kier alpha value is -1.31.